The number of likely N-dealkylation sites (tertiary alicyclic amines) is 1. The summed E-state index contributed by atoms with van der Waals surface area (Å²) in [7, 11) is 0. The normalized spacial score (nSPS) is 29.4. The van der Waals surface area contributed by atoms with Crippen LogP contribution in [0.25, 0.3) is 0 Å². The summed E-state index contributed by atoms with van der Waals surface area (Å²) in [5.74, 6) is 3.16. The molecule has 118 valence electrons. The molecule has 2 aliphatic rings. The third-order valence-electron chi connectivity index (χ3n) is 4.46. The Labute approximate surface area is 128 Å². The molecule has 1 N–H and O–H groups in total. The second-order valence-corrected chi connectivity index (χ2v) is 7.17. The highest BCUT2D eigenvalue weighted by molar-refractivity contribution is 5.69. The Balaban J connectivity index is 2.01. The van der Waals surface area contributed by atoms with Crippen molar-refractivity contribution >= 4 is 6.09 Å². The second-order valence-electron chi connectivity index (χ2n) is 7.17. The standard InChI is InChI=1S/C17H28N2O2/c1-5-11-18-14-9-6-8-13(14)15-10-7-12-19(15)16(20)21-17(2,3)4/h1,13-15,18H,6-12H2,2-4H3. The van der Waals surface area contributed by atoms with Crippen molar-refractivity contribution in [3.8, 4) is 12.3 Å². The average molecular weight is 292 g/mol. The summed E-state index contributed by atoms with van der Waals surface area (Å²) in [6, 6.07) is 0.742. The lowest BCUT2D eigenvalue weighted by molar-refractivity contribution is 0.0167. The van der Waals surface area contributed by atoms with Gasteiger partial charge in [-0.1, -0.05) is 12.3 Å². The zero-order valence-corrected chi connectivity index (χ0v) is 13.5. The third-order valence-corrected chi connectivity index (χ3v) is 4.46. The molecule has 3 atom stereocenters. The first kappa shape index (κ1) is 16.2. The molecule has 1 aliphatic carbocycles. The van der Waals surface area contributed by atoms with Gasteiger partial charge >= 0.3 is 6.09 Å². The molecule has 2 fully saturated rings. The van der Waals surface area contributed by atoms with Crippen LogP contribution in [0.2, 0.25) is 0 Å². The highest BCUT2D eigenvalue weighted by Crippen LogP contribution is 2.36. The molecule has 1 saturated heterocycles. The summed E-state index contributed by atoms with van der Waals surface area (Å²) in [6.07, 6.45) is 10.9. The number of carbonyl (C=O) groups is 1. The fourth-order valence-corrected chi connectivity index (χ4v) is 3.68. The van der Waals surface area contributed by atoms with Crippen LogP contribution in [0.1, 0.15) is 52.9 Å². The summed E-state index contributed by atoms with van der Waals surface area (Å²) in [6.45, 7) is 7.19. The predicted octanol–water partition coefficient (Wildman–Crippen LogP) is 2.78. The van der Waals surface area contributed by atoms with Crippen molar-refractivity contribution in [1.29, 1.82) is 0 Å². The van der Waals surface area contributed by atoms with E-state index in [9.17, 15) is 4.79 Å². The summed E-state index contributed by atoms with van der Waals surface area (Å²) in [5, 5.41) is 3.45. The largest absolute Gasteiger partial charge is 0.444 e. The lowest BCUT2D eigenvalue weighted by atomic mass is 9.92. The van der Waals surface area contributed by atoms with Crippen molar-refractivity contribution in [2.45, 2.75) is 70.6 Å². The summed E-state index contributed by atoms with van der Waals surface area (Å²) in [4.78, 5) is 14.3. The molecule has 4 heteroatoms. The highest BCUT2D eigenvalue weighted by atomic mass is 16.6. The average Bonchev–Trinajstić information content (AvgIpc) is 3.02. The number of amides is 1. The highest BCUT2D eigenvalue weighted by Gasteiger charge is 2.41. The molecule has 21 heavy (non-hydrogen) atoms. The number of carbonyl (C=O) groups excluding carboxylic acids is 1. The third kappa shape index (κ3) is 4.14. The lowest BCUT2D eigenvalue weighted by Gasteiger charge is -2.34. The number of nitrogens with zero attached hydrogens (tertiary/aromatic N) is 1. The second kappa shape index (κ2) is 6.70. The van der Waals surface area contributed by atoms with E-state index in [1.807, 2.05) is 25.7 Å². The maximum Gasteiger partial charge on any atom is 0.410 e. The quantitative estimate of drug-likeness (QED) is 0.813. The summed E-state index contributed by atoms with van der Waals surface area (Å²) < 4.78 is 5.56. The minimum atomic E-state index is -0.430. The van der Waals surface area contributed by atoms with Crippen LogP contribution in [0.5, 0.6) is 0 Å². The molecule has 3 unspecified atom stereocenters. The number of hydrogen-bond donors (Lipinski definition) is 1. The fraction of sp³-hybridized carbons (Fsp3) is 0.824. The van der Waals surface area contributed by atoms with Gasteiger partial charge in [0.1, 0.15) is 5.60 Å². The molecule has 1 aliphatic heterocycles. The fourth-order valence-electron chi connectivity index (χ4n) is 3.68. The van der Waals surface area contributed by atoms with Gasteiger partial charge in [-0.25, -0.2) is 4.79 Å². The van der Waals surface area contributed by atoms with Crippen molar-refractivity contribution in [2.24, 2.45) is 5.92 Å². The summed E-state index contributed by atoms with van der Waals surface area (Å²) >= 11 is 0. The van der Waals surface area contributed by atoms with E-state index in [1.165, 1.54) is 12.8 Å². The monoisotopic (exact) mass is 292 g/mol. The molecule has 0 aromatic carbocycles. The van der Waals surface area contributed by atoms with Crippen LogP contribution in [0, 0.1) is 18.3 Å². The molecular weight excluding hydrogens is 264 g/mol. The van der Waals surface area contributed by atoms with Crippen molar-refractivity contribution in [3.63, 3.8) is 0 Å². The Kier molecular flexibility index (Phi) is 5.16. The van der Waals surface area contributed by atoms with Crippen LogP contribution in [-0.4, -0.2) is 41.8 Å². The van der Waals surface area contributed by atoms with E-state index in [-0.39, 0.29) is 6.09 Å². The zero-order valence-electron chi connectivity index (χ0n) is 13.5. The number of rotatable bonds is 3. The first-order chi connectivity index (χ1) is 9.92. The molecule has 0 bridgehead atoms. The predicted molar refractivity (Wildman–Crippen MR) is 83.9 cm³/mol. The number of terminal acetylenes is 1. The Bertz CT molecular complexity index is 408. The SMILES string of the molecule is C#CCNC1CCCC1C1CCCN1C(=O)OC(C)(C)C. The Morgan fingerprint density at radius 2 is 2.10 bits per heavy atom. The Hall–Kier alpha value is -1.21. The minimum Gasteiger partial charge on any atom is -0.444 e. The summed E-state index contributed by atoms with van der Waals surface area (Å²) in [5.41, 5.74) is -0.430. The van der Waals surface area contributed by atoms with Crippen LogP contribution in [0.4, 0.5) is 4.79 Å². The van der Waals surface area contributed by atoms with Crippen LogP contribution < -0.4 is 5.32 Å². The number of nitrogens with one attached hydrogen (secondary N) is 1. The van der Waals surface area contributed by atoms with Crippen molar-refractivity contribution in [1.82, 2.24) is 10.2 Å². The number of hydrogen-bond acceptors (Lipinski definition) is 3. The van der Waals surface area contributed by atoms with Gasteiger partial charge in [0.2, 0.25) is 0 Å². The molecule has 1 heterocycles. The van der Waals surface area contributed by atoms with Gasteiger partial charge < -0.3 is 15.0 Å². The van der Waals surface area contributed by atoms with Crippen molar-refractivity contribution in [3.05, 3.63) is 0 Å². The zero-order chi connectivity index (χ0) is 15.5. The first-order valence-electron chi connectivity index (χ1n) is 8.09. The first-order valence-corrected chi connectivity index (χ1v) is 8.09. The van der Waals surface area contributed by atoms with Gasteiger partial charge in [-0.2, -0.15) is 0 Å². The Morgan fingerprint density at radius 3 is 2.76 bits per heavy atom. The van der Waals surface area contributed by atoms with Crippen LogP contribution in [0.3, 0.4) is 0 Å². The molecule has 1 saturated carbocycles. The molecular formula is C17H28N2O2. The van der Waals surface area contributed by atoms with Crippen LogP contribution >= 0.6 is 0 Å². The van der Waals surface area contributed by atoms with Gasteiger partial charge in [-0.3, -0.25) is 0 Å². The van der Waals surface area contributed by atoms with E-state index in [4.69, 9.17) is 11.2 Å². The molecule has 4 nitrogen and oxygen atoms in total. The van der Waals surface area contributed by atoms with E-state index in [0.29, 0.717) is 24.5 Å². The molecule has 1 amide bonds. The van der Waals surface area contributed by atoms with E-state index in [0.717, 1.165) is 25.8 Å². The van der Waals surface area contributed by atoms with Gasteiger partial charge in [-0.15, -0.1) is 6.42 Å². The molecule has 0 aromatic heterocycles. The Morgan fingerprint density at radius 1 is 1.33 bits per heavy atom. The molecule has 0 aromatic rings. The number of ether oxygens (including phenoxy) is 1. The maximum absolute atomic E-state index is 12.4. The van der Waals surface area contributed by atoms with Crippen molar-refractivity contribution < 1.29 is 9.53 Å². The lowest BCUT2D eigenvalue weighted by Crippen LogP contribution is -2.47. The molecule has 0 spiro atoms. The molecule has 0 radical (unpaired) electrons. The van der Waals surface area contributed by atoms with E-state index >= 15 is 0 Å². The van der Waals surface area contributed by atoms with Crippen molar-refractivity contribution in [2.75, 3.05) is 13.1 Å². The van der Waals surface area contributed by atoms with E-state index < -0.39 is 5.60 Å². The molecule has 2 rings (SSSR count). The van der Waals surface area contributed by atoms with Gasteiger partial charge in [0.25, 0.3) is 0 Å². The van der Waals surface area contributed by atoms with Gasteiger partial charge in [0, 0.05) is 18.6 Å². The van der Waals surface area contributed by atoms with E-state index in [1.54, 1.807) is 0 Å². The smallest absolute Gasteiger partial charge is 0.410 e. The topological polar surface area (TPSA) is 41.6 Å². The van der Waals surface area contributed by atoms with Gasteiger partial charge in [0.05, 0.1) is 6.54 Å². The maximum atomic E-state index is 12.4. The minimum absolute atomic E-state index is 0.160. The van der Waals surface area contributed by atoms with Gasteiger partial charge in [-0.05, 0) is 52.4 Å². The van der Waals surface area contributed by atoms with Crippen LogP contribution in [0.15, 0.2) is 0 Å². The van der Waals surface area contributed by atoms with E-state index in [2.05, 4.69) is 11.2 Å². The van der Waals surface area contributed by atoms with Gasteiger partial charge in [0.15, 0.2) is 0 Å². The van der Waals surface area contributed by atoms with Crippen LogP contribution in [-0.2, 0) is 4.74 Å².